The van der Waals surface area contributed by atoms with Crippen LogP contribution >= 0.6 is 0 Å². The fraction of sp³-hybridized carbons (Fsp3) is 0.0200. The van der Waals surface area contributed by atoms with E-state index in [0.717, 1.165) is 22.7 Å². The molecule has 1 heterocycles. The first-order valence-corrected chi connectivity index (χ1v) is 17.9. The third-order valence-corrected chi connectivity index (χ3v) is 10.5. The highest BCUT2D eigenvalue weighted by Crippen LogP contribution is 2.39. The lowest BCUT2D eigenvalue weighted by atomic mass is 9.89. The summed E-state index contributed by atoms with van der Waals surface area (Å²) in [6.07, 6.45) is 2.24. The summed E-state index contributed by atoms with van der Waals surface area (Å²) in [6.45, 7) is 0. The molecule has 0 aromatic heterocycles. The summed E-state index contributed by atoms with van der Waals surface area (Å²) in [4.78, 5) is 5.24. The lowest BCUT2D eigenvalue weighted by Crippen LogP contribution is -2.31. The van der Waals surface area contributed by atoms with E-state index in [2.05, 4.69) is 199 Å². The van der Waals surface area contributed by atoms with Crippen LogP contribution in [0.25, 0.3) is 71.0 Å². The lowest BCUT2D eigenvalue weighted by Gasteiger charge is -2.24. The van der Waals surface area contributed by atoms with Gasteiger partial charge in [0, 0.05) is 5.56 Å². The lowest BCUT2D eigenvalue weighted by molar-refractivity contribution is 0.781. The van der Waals surface area contributed by atoms with Gasteiger partial charge in [0.15, 0.2) is 0 Å². The minimum atomic E-state index is -0.0150. The highest BCUT2D eigenvalue weighted by Gasteiger charge is 2.20. The topological polar surface area (TPSA) is 24.4 Å². The van der Waals surface area contributed by atoms with E-state index < -0.39 is 0 Å². The summed E-state index contributed by atoms with van der Waals surface area (Å²) in [5.41, 5.74) is 9.17. The number of hydrogen-bond acceptors (Lipinski definition) is 2. The average Bonchev–Trinajstić information content (AvgIpc) is 3.23. The zero-order valence-electron chi connectivity index (χ0n) is 28.5. The number of amidine groups is 1. The molecule has 1 aliphatic heterocycles. The van der Waals surface area contributed by atoms with Crippen LogP contribution in [0.15, 0.2) is 199 Å². The van der Waals surface area contributed by atoms with Crippen LogP contribution in [0.5, 0.6) is 0 Å². The van der Waals surface area contributed by atoms with Crippen molar-refractivity contribution in [3.63, 3.8) is 0 Å². The van der Waals surface area contributed by atoms with Gasteiger partial charge in [0.05, 0.1) is 11.7 Å². The summed E-state index contributed by atoms with van der Waals surface area (Å²) in [5, 5.41) is 13.8. The highest BCUT2D eigenvalue weighted by atomic mass is 15.0. The standard InChI is InChI=1S/C50H34N2/c1-2-12-36(13-3-1)47-32-48(37-21-18-34(19-22-37)41-27-20-33-10-4-5-14-40(33)30-41)52-50(51-47)39-25-23-38(24-26-39)49-44-17-9-7-15-42(44)31-46-43-16-8-6-11-35(43)28-29-45(46)49/h1-32,47H,(H,51,52). The Morgan fingerprint density at radius 1 is 0.365 bits per heavy atom. The Hall–Kier alpha value is -6.77. The van der Waals surface area contributed by atoms with Crippen LogP contribution in [0.4, 0.5) is 0 Å². The summed E-state index contributed by atoms with van der Waals surface area (Å²) in [6, 6.07) is 67.8. The second-order valence-electron chi connectivity index (χ2n) is 13.6. The molecule has 1 atom stereocenters. The monoisotopic (exact) mass is 662 g/mol. The van der Waals surface area contributed by atoms with Crippen molar-refractivity contribution < 1.29 is 0 Å². The van der Waals surface area contributed by atoms with Gasteiger partial charge in [-0.3, -0.25) is 0 Å². The molecule has 1 aliphatic rings. The molecular weight excluding hydrogens is 629 g/mol. The quantitative estimate of drug-likeness (QED) is 0.144. The maximum atomic E-state index is 5.24. The van der Waals surface area contributed by atoms with Crippen LogP contribution in [0, 0.1) is 0 Å². The molecular formula is C50H34N2. The molecule has 244 valence electrons. The van der Waals surface area contributed by atoms with Gasteiger partial charge < -0.3 is 5.32 Å². The largest absolute Gasteiger partial charge is 0.359 e. The van der Waals surface area contributed by atoms with Gasteiger partial charge in [-0.1, -0.05) is 176 Å². The molecule has 2 nitrogen and oxygen atoms in total. The first kappa shape index (κ1) is 30.1. The van der Waals surface area contributed by atoms with E-state index in [1.807, 2.05) is 0 Å². The van der Waals surface area contributed by atoms with Crippen molar-refractivity contribution >= 4 is 54.6 Å². The van der Waals surface area contributed by atoms with E-state index in [9.17, 15) is 0 Å². The molecule has 0 bridgehead atoms. The van der Waals surface area contributed by atoms with Gasteiger partial charge in [-0.2, -0.15) is 0 Å². The molecule has 1 N–H and O–H groups in total. The predicted molar refractivity (Wildman–Crippen MR) is 221 cm³/mol. The Labute approximate surface area is 303 Å². The Balaban J connectivity index is 1.04. The molecule has 0 aliphatic carbocycles. The molecule has 9 aromatic carbocycles. The van der Waals surface area contributed by atoms with Crippen LogP contribution in [0.2, 0.25) is 0 Å². The number of hydrogen-bond donors (Lipinski definition) is 1. The number of rotatable bonds is 5. The highest BCUT2D eigenvalue weighted by molar-refractivity contribution is 6.20. The van der Waals surface area contributed by atoms with E-state index in [-0.39, 0.29) is 6.04 Å². The van der Waals surface area contributed by atoms with E-state index in [0.29, 0.717) is 0 Å². The summed E-state index contributed by atoms with van der Waals surface area (Å²) in [7, 11) is 0. The van der Waals surface area contributed by atoms with E-state index >= 15 is 0 Å². The van der Waals surface area contributed by atoms with E-state index in [4.69, 9.17) is 4.99 Å². The molecule has 0 saturated heterocycles. The molecule has 9 aromatic rings. The van der Waals surface area contributed by atoms with Crippen molar-refractivity contribution in [3.8, 4) is 22.3 Å². The summed E-state index contributed by atoms with van der Waals surface area (Å²) >= 11 is 0. The SMILES string of the molecule is C1=C(c2ccc(-c3ccc4ccccc4c3)cc2)N=C(c2ccc(-c3c4ccccc4cc4c3ccc3ccccc34)cc2)NC1c1ccccc1. The van der Waals surface area contributed by atoms with Crippen molar-refractivity contribution in [2.24, 2.45) is 4.99 Å². The van der Waals surface area contributed by atoms with Crippen LogP contribution in [-0.4, -0.2) is 5.84 Å². The number of nitrogens with one attached hydrogen (secondary N) is 1. The first-order valence-electron chi connectivity index (χ1n) is 17.9. The first-order chi connectivity index (χ1) is 25.7. The fourth-order valence-corrected chi connectivity index (χ4v) is 7.81. The Bertz CT molecular complexity index is 2850. The summed E-state index contributed by atoms with van der Waals surface area (Å²) < 4.78 is 0. The van der Waals surface area contributed by atoms with Crippen LogP contribution in [-0.2, 0) is 0 Å². The van der Waals surface area contributed by atoms with Gasteiger partial charge in [-0.25, -0.2) is 4.99 Å². The zero-order valence-corrected chi connectivity index (χ0v) is 28.5. The second kappa shape index (κ2) is 12.5. The predicted octanol–water partition coefficient (Wildman–Crippen LogP) is 12.8. The molecule has 0 amide bonds. The average molecular weight is 663 g/mol. The van der Waals surface area contributed by atoms with Crippen molar-refractivity contribution in [1.29, 1.82) is 0 Å². The van der Waals surface area contributed by atoms with Crippen LogP contribution in [0.3, 0.4) is 0 Å². The molecule has 0 spiro atoms. The van der Waals surface area contributed by atoms with Crippen LogP contribution < -0.4 is 5.32 Å². The maximum Gasteiger partial charge on any atom is 0.134 e. The fourth-order valence-electron chi connectivity index (χ4n) is 7.81. The molecule has 52 heavy (non-hydrogen) atoms. The van der Waals surface area contributed by atoms with Crippen molar-refractivity contribution in [3.05, 3.63) is 211 Å². The van der Waals surface area contributed by atoms with Gasteiger partial charge in [-0.15, -0.1) is 0 Å². The van der Waals surface area contributed by atoms with E-state index in [1.54, 1.807) is 0 Å². The van der Waals surface area contributed by atoms with Gasteiger partial charge in [0.25, 0.3) is 0 Å². The van der Waals surface area contributed by atoms with Crippen molar-refractivity contribution in [2.45, 2.75) is 6.04 Å². The van der Waals surface area contributed by atoms with Crippen molar-refractivity contribution in [1.82, 2.24) is 5.32 Å². The normalized spacial score (nSPS) is 14.3. The molecule has 0 fully saturated rings. The molecule has 0 saturated carbocycles. The maximum absolute atomic E-state index is 5.24. The van der Waals surface area contributed by atoms with Gasteiger partial charge in [0.2, 0.25) is 0 Å². The number of benzene rings is 9. The van der Waals surface area contributed by atoms with Crippen molar-refractivity contribution in [2.75, 3.05) is 0 Å². The zero-order chi connectivity index (χ0) is 34.4. The third kappa shape index (κ3) is 5.33. The Morgan fingerprint density at radius 2 is 0.962 bits per heavy atom. The minimum absolute atomic E-state index is 0.0150. The minimum Gasteiger partial charge on any atom is -0.359 e. The Morgan fingerprint density at radius 3 is 1.77 bits per heavy atom. The molecule has 10 rings (SSSR count). The number of fused-ring (bicyclic) bond motifs is 5. The number of nitrogens with zero attached hydrogens (tertiary/aromatic N) is 1. The van der Waals surface area contributed by atoms with Gasteiger partial charge >= 0.3 is 0 Å². The van der Waals surface area contributed by atoms with Gasteiger partial charge in [0.1, 0.15) is 5.84 Å². The molecule has 1 unspecified atom stereocenters. The third-order valence-electron chi connectivity index (χ3n) is 10.5. The molecule has 0 radical (unpaired) electrons. The number of aliphatic imine (C=N–C) groups is 1. The smallest absolute Gasteiger partial charge is 0.134 e. The Kier molecular flexibility index (Phi) is 7.25. The second-order valence-corrected chi connectivity index (χ2v) is 13.6. The summed E-state index contributed by atoms with van der Waals surface area (Å²) in [5.74, 6) is 0.866. The van der Waals surface area contributed by atoms with Crippen LogP contribution in [0.1, 0.15) is 22.7 Å². The van der Waals surface area contributed by atoms with E-state index in [1.165, 1.54) is 70.9 Å². The molecule has 2 heteroatoms. The van der Waals surface area contributed by atoms with Gasteiger partial charge in [-0.05, 0) is 94.7 Å².